The van der Waals surface area contributed by atoms with Crippen molar-refractivity contribution in [3.63, 3.8) is 0 Å². The summed E-state index contributed by atoms with van der Waals surface area (Å²) in [6, 6.07) is 3.68. The quantitative estimate of drug-likeness (QED) is 0.464. The SMILES string of the molecule is CCC(C)(C)N(C(=O)C(C)NC(=O)OC(C)(C)C)C(C(=O)NCC(=O)OC)c1ccc(O)cc1. The summed E-state index contributed by atoms with van der Waals surface area (Å²) in [6.07, 6.45) is -0.282. The number of rotatable bonds is 9. The number of nitrogens with zero attached hydrogens (tertiary/aromatic N) is 1. The Morgan fingerprint density at radius 2 is 1.62 bits per heavy atom. The smallest absolute Gasteiger partial charge is 0.408 e. The third-order valence-corrected chi connectivity index (χ3v) is 5.21. The first-order chi connectivity index (χ1) is 15.6. The molecule has 10 nitrogen and oxygen atoms in total. The van der Waals surface area contributed by atoms with Gasteiger partial charge in [0.1, 0.15) is 30.0 Å². The number of esters is 1. The van der Waals surface area contributed by atoms with Gasteiger partial charge >= 0.3 is 12.1 Å². The summed E-state index contributed by atoms with van der Waals surface area (Å²) in [5, 5.41) is 14.8. The fraction of sp³-hybridized carbons (Fsp3) is 0.583. The molecule has 0 bridgehead atoms. The molecule has 0 saturated heterocycles. The number of benzene rings is 1. The number of carbonyl (C=O) groups excluding carboxylic acids is 4. The zero-order chi connectivity index (χ0) is 26.3. The molecule has 34 heavy (non-hydrogen) atoms. The third-order valence-electron chi connectivity index (χ3n) is 5.21. The van der Waals surface area contributed by atoms with Crippen molar-refractivity contribution in [2.45, 2.75) is 78.1 Å². The molecule has 2 unspecified atom stereocenters. The van der Waals surface area contributed by atoms with Crippen molar-refractivity contribution in [1.82, 2.24) is 15.5 Å². The molecule has 10 heteroatoms. The van der Waals surface area contributed by atoms with Gasteiger partial charge in [-0.3, -0.25) is 14.4 Å². The molecule has 0 aliphatic rings. The van der Waals surface area contributed by atoms with E-state index in [1.54, 1.807) is 34.6 Å². The van der Waals surface area contributed by atoms with Crippen molar-refractivity contribution in [2.24, 2.45) is 0 Å². The number of hydrogen-bond donors (Lipinski definition) is 3. The Balaban J connectivity index is 3.43. The molecule has 0 aromatic heterocycles. The van der Waals surface area contributed by atoms with E-state index in [4.69, 9.17) is 4.74 Å². The number of carbonyl (C=O) groups is 4. The van der Waals surface area contributed by atoms with Crippen LogP contribution in [0.3, 0.4) is 0 Å². The molecule has 0 spiro atoms. The van der Waals surface area contributed by atoms with Crippen LogP contribution < -0.4 is 10.6 Å². The number of nitrogens with one attached hydrogen (secondary N) is 2. The summed E-state index contributed by atoms with van der Waals surface area (Å²) in [4.78, 5) is 52.2. The predicted molar refractivity (Wildman–Crippen MR) is 126 cm³/mol. The molecule has 1 rings (SSSR count). The van der Waals surface area contributed by atoms with Crippen molar-refractivity contribution in [3.05, 3.63) is 29.8 Å². The van der Waals surface area contributed by atoms with E-state index in [-0.39, 0.29) is 12.3 Å². The number of ether oxygens (including phenoxy) is 2. The number of alkyl carbamates (subject to hydrolysis) is 1. The number of phenols is 1. The second kappa shape index (κ2) is 11.7. The van der Waals surface area contributed by atoms with E-state index < -0.39 is 47.1 Å². The first-order valence-electron chi connectivity index (χ1n) is 11.1. The fourth-order valence-electron chi connectivity index (χ4n) is 3.10. The molecular formula is C24H37N3O7. The lowest BCUT2D eigenvalue weighted by atomic mass is 9.92. The summed E-state index contributed by atoms with van der Waals surface area (Å²) >= 11 is 0. The minimum atomic E-state index is -1.16. The normalized spacial score (nSPS) is 13.3. The van der Waals surface area contributed by atoms with Gasteiger partial charge in [0, 0.05) is 5.54 Å². The number of phenolic OH excluding ortho intramolecular Hbond substituents is 1. The van der Waals surface area contributed by atoms with Gasteiger partial charge in [-0.25, -0.2) is 4.79 Å². The van der Waals surface area contributed by atoms with Crippen molar-refractivity contribution in [1.29, 1.82) is 0 Å². The van der Waals surface area contributed by atoms with Crippen LogP contribution in [0.2, 0.25) is 0 Å². The van der Waals surface area contributed by atoms with Crippen molar-refractivity contribution >= 4 is 23.9 Å². The van der Waals surface area contributed by atoms with Crippen LogP contribution in [0.15, 0.2) is 24.3 Å². The second-order valence-corrected chi connectivity index (χ2v) is 9.53. The Morgan fingerprint density at radius 3 is 2.09 bits per heavy atom. The van der Waals surface area contributed by atoms with Crippen LogP contribution >= 0.6 is 0 Å². The van der Waals surface area contributed by atoms with Crippen LogP contribution in [0.25, 0.3) is 0 Å². The van der Waals surface area contributed by atoms with Gasteiger partial charge in [-0.05, 0) is 65.7 Å². The predicted octanol–water partition coefficient (Wildman–Crippen LogP) is 2.65. The van der Waals surface area contributed by atoms with Crippen LogP contribution in [0.5, 0.6) is 5.75 Å². The van der Waals surface area contributed by atoms with Gasteiger partial charge in [0.25, 0.3) is 0 Å². The molecular weight excluding hydrogens is 442 g/mol. The number of amides is 3. The van der Waals surface area contributed by atoms with E-state index in [1.807, 2.05) is 6.92 Å². The van der Waals surface area contributed by atoms with Gasteiger partial charge in [0.2, 0.25) is 11.8 Å². The van der Waals surface area contributed by atoms with E-state index in [0.717, 1.165) is 0 Å². The van der Waals surface area contributed by atoms with E-state index in [1.165, 1.54) is 43.2 Å². The molecule has 3 amide bonds. The average Bonchev–Trinajstić information content (AvgIpc) is 2.74. The van der Waals surface area contributed by atoms with Crippen LogP contribution in [-0.2, 0) is 23.9 Å². The highest BCUT2D eigenvalue weighted by Gasteiger charge is 2.42. The Labute approximate surface area is 201 Å². The molecule has 0 fully saturated rings. The zero-order valence-corrected chi connectivity index (χ0v) is 21.2. The zero-order valence-electron chi connectivity index (χ0n) is 21.2. The topological polar surface area (TPSA) is 134 Å². The number of aromatic hydroxyl groups is 1. The minimum absolute atomic E-state index is 0.00921. The summed E-state index contributed by atoms with van der Waals surface area (Å²) in [6.45, 7) is 11.7. The third kappa shape index (κ3) is 8.24. The fourth-order valence-corrected chi connectivity index (χ4v) is 3.10. The van der Waals surface area contributed by atoms with Crippen LogP contribution in [0.4, 0.5) is 4.79 Å². The first-order valence-corrected chi connectivity index (χ1v) is 11.1. The monoisotopic (exact) mass is 479 g/mol. The molecule has 0 aliphatic carbocycles. The largest absolute Gasteiger partial charge is 0.508 e. The van der Waals surface area contributed by atoms with Crippen molar-refractivity contribution in [2.75, 3.05) is 13.7 Å². The highest BCUT2D eigenvalue weighted by Crippen LogP contribution is 2.32. The van der Waals surface area contributed by atoms with Gasteiger partial charge in [-0.15, -0.1) is 0 Å². The molecule has 190 valence electrons. The van der Waals surface area contributed by atoms with Crippen LogP contribution in [0, 0.1) is 0 Å². The molecule has 0 heterocycles. The lowest BCUT2D eigenvalue weighted by Gasteiger charge is -2.44. The maximum Gasteiger partial charge on any atom is 0.408 e. The summed E-state index contributed by atoms with van der Waals surface area (Å²) in [5.41, 5.74) is -1.16. The van der Waals surface area contributed by atoms with E-state index in [2.05, 4.69) is 15.4 Å². The molecule has 1 aromatic carbocycles. The Bertz CT molecular complexity index is 876. The Kier molecular flexibility index (Phi) is 9.90. The van der Waals surface area contributed by atoms with Crippen LogP contribution in [-0.4, -0.2) is 64.7 Å². The van der Waals surface area contributed by atoms with Gasteiger partial charge in [-0.1, -0.05) is 19.1 Å². The van der Waals surface area contributed by atoms with Crippen molar-refractivity contribution < 1.29 is 33.8 Å². The highest BCUT2D eigenvalue weighted by molar-refractivity contribution is 5.93. The molecule has 3 N–H and O–H groups in total. The standard InChI is InChI=1S/C24H37N3O7/c1-9-24(6,7)27(21(31)15(2)26-22(32)34-23(3,4)5)19(16-10-12-17(28)13-11-16)20(30)25-14-18(29)33-8/h10-13,15,19,28H,9,14H2,1-8H3,(H,25,30)(H,26,32). The summed E-state index contributed by atoms with van der Waals surface area (Å²) in [7, 11) is 1.20. The maximum atomic E-state index is 13.7. The summed E-state index contributed by atoms with van der Waals surface area (Å²) < 4.78 is 9.85. The first kappa shape index (κ1) is 28.7. The highest BCUT2D eigenvalue weighted by atomic mass is 16.6. The average molecular weight is 480 g/mol. The number of hydrogen-bond acceptors (Lipinski definition) is 7. The van der Waals surface area contributed by atoms with Gasteiger partial charge in [-0.2, -0.15) is 0 Å². The second-order valence-electron chi connectivity index (χ2n) is 9.53. The Morgan fingerprint density at radius 1 is 1.06 bits per heavy atom. The maximum absolute atomic E-state index is 13.7. The van der Waals surface area contributed by atoms with Crippen LogP contribution in [0.1, 0.15) is 66.5 Å². The van der Waals surface area contributed by atoms with E-state index in [9.17, 15) is 24.3 Å². The molecule has 0 aliphatic heterocycles. The lowest BCUT2D eigenvalue weighted by Crippen LogP contribution is -2.58. The lowest BCUT2D eigenvalue weighted by molar-refractivity contribution is -0.149. The van der Waals surface area contributed by atoms with E-state index in [0.29, 0.717) is 12.0 Å². The molecule has 0 radical (unpaired) electrons. The van der Waals surface area contributed by atoms with Gasteiger partial charge in [0.05, 0.1) is 7.11 Å². The van der Waals surface area contributed by atoms with E-state index >= 15 is 0 Å². The van der Waals surface area contributed by atoms with Gasteiger partial charge in [0.15, 0.2) is 0 Å². The summed E-state index contributed by atoms with van der Waals surface area (Å²) in [5.74, 6) is -1.80. The molecule has 0 saturated carbocycles. The molecule has 2 atom stereocenters. The van der Waals surface area contributed by atoms with Gasteiger partial charge < -0.3 is 30.1 Å². The molecule has 1 aromatic rings. The van der Waals surface area contributed by atoms with Crippen molar-refractivity contribution in [3.8, 4) is 5.75 Å². The Hall–Kier alpha value is -3.30. The number of methoxy groups -OCH3 is 1. The minimum Gasteiger partial charge on any atom is -0.508 e.